The summed E-state index contributed by atoms with van der Waals surface area (Å²) in [7, 11) is 0. The lowest BCUT2D eigenvalue weighted by molar-refractivity contribution is -0.119. The smallest absolute Gasteiger partial charge is 0.228 e. The molecule has 1 unspecified atom stereocenters. The van der Waals surface area contributed by atoms with Gasteiger partial charge in [0, 0.05) is 22.9 Å². The van der Waals surface area contributed by atoms with E-state index in [4.69, 9.17) is 0 Å². The Hall–Kier alpha value is -1.29. The van der Waals surface area contributed by atoms with Gasteiger partial charge in [-0.25, -0.2) is 0 Å². The van der Waals surface area contributed by atoms with Crippen LogP contribution in [0.5, 0.6) is 0 Å². The van der Waals surface area contributed by atoms with Crippen LogP contribution in [0.2, 0.25) is 0 Å². The van der Waals surface area contributed by atoms with Crippen LogP contribution in [0.15, 0.2) is 24.3 Å². The van der Waals surface area contributed by atoms with E-state index in [2.05, 4.69) is 5.32 Å². The first-order chi connectivity index (χ1) is 8.66. The summed E-state index contributed by atoms with van der Waals surface area (Å²) in [5.41, 5.74) is 1.43. The molecule has 1 amide bonds. The topological polar surface area (TPSA) is 46.2 Å². The van der Waals surface area contributed by atoms with Gasteiger partial charge in [-0.1, -0.05) is 0 Å². The monoisotopic (exact) mass is 263 g/mol. The van der Waals surface area contributed by atoms with Gasteiger partial charge in [-0.3, -0.25) is 9.59 Å². The fourth-order valence-corrected chi connectivity index (χ4v) is 3.12. The van der Waals surface area contributed by atoms with Crippen molar-refractivity contribution in [2.75, 3.05) is 16.8 Å². The zero-order chi connectivity index (χ0) is 13.0. The lowest BCUT2D eigenvalue weighted by Crippen LogP contribution is -2.27. The Balaban J connectivity index is 1.96. The van der Waals surface area contributed by atoms with E-state index in [-0.39, 0.29) is 17.6 Å². The summed E-state index contributed by atoms with van der Waals surface area (Å²) in [6, 6.07) is 7.05. The molecular formula is C14H17NO2S. The third kappa shape index (κ3) is 3.35. The highest BCUT2D eigenvalue weighted by atomic mass is 32.2. The van der Waals surface area contributed by atoms with E-state index < -0.39 is 0 Å². The van der Waals surface area contributed by atoms with Crippen LogP contribution in [-0.4, -0.2) is 23.2 Å². The first-order valence-corrected chi connectivity index (χ1v) is 7.32. The molecule has 1 N–H and O–H groups in total. The third-order valence-electron chi connectivity index (χ3n) is 3.09. The zero-order valence-corrected chi connectivity index (χ0v) is 11.3. The van der Waals surface area contributed by atoms with E-state index in [0.29, 0.717) is 5.56 Å². The van der Waals surface area contributed by atoms with Gasteiger partial charge in [0.25, 0.3) is 0 Å². The Morgan fingerprint density at radius 2 is 2.00 bits per heavy atom. The molecule has 4 heteroatoms. The van der Waals surface area contributed by atoms with E-state index in [1.807, 2.05) is 11.8 Å². The number of amides is 1. The Kier molecular flexibility index (Phi) is 4.42. The van der Waals surface area contributed by atoms with Crippen molar-refractivity contribution < 1.29 is 9.59 Å². The minimum atomic E-state index is 0.0385. The molecule has 3 nitrogen and oxygen atoms in total. The van der Waals surface area contributed by atoms with E-state index in [0.717, 1.165) is 30.0 Å². The third-order valence-corrected chi connectivity index (χ3v) is 4.31. The molecule has 0 spiro atoms. The maximum atomic E-state index is 12.0. The number of Topliss-reactive ketones (excluding diaryl/α,β-unsaturated/α-hetero) is 1. The van der Waals surface area contributed by atoms with E-state index in [1.165, 1.54) is 6.92 Å². The number of thioether (sulfide) groups is 1. The van der Waals surface area contributed by atoms with Crippen LogP contribution in [-0.2, 0) is 4.79 Å². The van der Waals surface area contributed by atoms with Gasteiger partial charge < -0.3 is 5.32 Å². The maximum absolute atomic E-state index is 12.0. The molecule has 1 heterocycles. The standard InChI is InChI=1S/C14H17NO2S/c1-10(16)11-4-6-13(7-5-11)15-14(17)12-3-2-8-18-9-12/h4-7,12H,2-3,8-9H2,1H3,(H,15,17). The van der Waals surface area contributed by atoms with Crippen molar-refractivity contribution in [2.24, 2.45) is 5.92 Å². The molecule has 96 valence electrons. The molecule has 1 aliphatic rings. The Morgan fingerprint density at radius 1 is 1.28 bits per heavy atom. The highest BCUT2D eigenvalue weighted by molar-refractivity contribution is 7.99. The largest absolute Gasteiger partial charge is 0.326 e. The van der Waals surface area contributed by atoms with Crippen LogP contribution in [0.4, 0.5) is 5.69 Å². The van der Waals surface area contributed by atoms with Gasteiger partial charge in [0.15, 0.2) is 5.78 Å². The average Bonchev–Trinajstić information content (AvgIpc) is 2.40. The van der Waals surface area contributed by atoms with E-state index in [9.17, 15) is 9.59 Å². The minimum Gasteiger partial charge on any atom is -0.326 e. The molecule has 0 bridgehead atoms. The number of hydrogen-bond acceptors (Lipinski definition) is 3. The molecule has 0 aromatic heterocycles. The fraction of sp³-hybridized carbons (Fsp3) is 0.429. The van der Waals surface area contributed by atoms with Gasteiger partial charge in [0.2, 0.25) is 5.91 Å². The summed E-state index contributed by atoms with van der Waals surface area (Å²) in [4.78, 5) is 23.1. The number of ketones is 1. The maximum Gasteiger partial charge on any atom is 0.228 e. The number of anilines is 1. The molecule has 1 aromatic rings. The highest BCUT2D eigenvalue weighted by Gasteiger charge is 2.21. The van der Waals surface area contributed by atoms with Gasteiger partial charge in [-0.2, -0.15) is 11.8 Å². The molecule has 0 saturated carbocycles. The van der Waals surface area contributed by atoms with Crippen molar-refractivity contribution in [1.29, 1.82) is 0 Å². The summed E-state index contributed by atoms with van der Waals surface area (Å²) >= 11 is 1.84. The molecule has 1 atom stereocenters. The second kappa shape index (κ2) is 6.05. The summed E-state index contributed by atoms with van der Waals surface area (Å²) in [6.45, 7) is 1.53. The quantitative estimate of drug-likeness (QED) is 0.853. The molecular weight excluding hydrogens is 246 g/mol. The molecule has 0 aliphatic carbocycles. The highest BCUT2D eigenvalue weighted by Crippen LogP contribution is 2.24. The van der Waals surface area contributed by atoms with Gasteiger partial charge in [0.05, 0.1) is 0 Å². The number of carbonyl (C=O) groups is 2. The van der Waals surface area contributed by atoms with Crippen LogP contribution >= 0.6 is 11.8 Å². The SMILES string of the molecule is CC(=O)c1ccc(NC(=O)C2CCCSC2)cc1. The predicted molar refractivity (Wildman–Crippen MR) is 75.1 cm³/mol. The molecule has 18 heavy (non-hydrogen) atoms. The number of benzene rings is 1. The van der Waals surface area contributed by atoms with Crippen LogP contribution in [0.25, 0.3) is 0 Å². The Morgan fingerprint density at radius 3 is 2.56 bits per heavy atom. The molecule has 1 aromatic carbocycles. The Bertz CT molecular complexity index is 436. The number of carbonyl (C=O) groups excluding carboxylic acids is 2. The van der Waals surface area contributed by atoms with Gasteiger partial charge in [-0.15, -0.1) is 0 Å². The normalized spacial score (nSPS) is 19.3. The number of nitrogens with one attached hydrogen (secondary N) is 1. The lowest BCUT2D eigenvalue weighted by atomic mass is 10.0. The van der Waals surface area contributed by atoms with Crippen molar-refractivity contribution in [1.82, 2.24) is 0 Å². The summed E-state index contributed by atoms with van der Waals surface area (Å²) < 4.78 is 0. The summed E-state index contributed by atoms with van der Waals surface area (Å²) in [5.74, 6) is 2.33. The summed E-state index contributed by atoms with van der Waals surface area (Å²) in [5, 5.41) is 2.91. The second-order valence-corrected chi connectivity index (χ2v) is 5.69. The van der Waals surface area contributed by atoms with Crippen molar-refractivity contribution in [3.8, 4) is 0 Å². The number of rotatable bonds is 3. The molecule has 1 fully saturated rings. The van der Waals surface area contributed by atoms with Crippen molar-refractivity contribution in [3.05, 3.63) is 29.8 Å². The van der Waals surface area contributed by atoms with E-state index in [1.54, 1.807) is 24.3 Å². The zero-order valence-electron chi connectivity index (χ0n) is 10.4. The van der Waals surface area contributed by atoms with E-state index >= 15 is 0 Å². The van der Waals surface area contributed by atoms with Crippen molar-refractivity contribution in [3.63, 3.8) is 0 Å². The molecule has 2 rings (SSSR count). The van der Waals surface area contributed by atoms with Crippen LogP contribution in [0, 0.1) is 5.92 Å². The van der Waals surface area contributed by atoms with Crippen LogP contribution < -0.4 is 5.32 Å². The van der Waals surface area contributed by atoms with Gasteiger partial charge in [0.1, 0.15) is 0 Å². The average molecular weight is 263 g/mol. The van der Waals surface area contributed by atoms with Crippen molar-refractivity contribution >= 4 is 29.1 Å². The first kappa shape index (κ1) is 13.1. The first-order valence-electron chi connectivity index (χ1n) is 6.16. The molecule has 1 aliphatic heterocycles. The molecule has 0 radical (unpaired) electrons. The number of hydrogen-bond donors (Lipinski definition) is 1. The van der Waals surface area contributed by atoms with Crippen LogP contribution in [0.1, 0.15) is 30.1 Å². The lowest BCUT2D eigenvalue weighted by Gasteiger charge is -2.20. The fourth-order valence-electron chi connectivity index (χ4n) is 1.98. The Labute approximate surface area is 111 Å². The minimum absolute atomic E-state index is 0.0385. The van der Waals surface area contributed by atoms with Gasteiger partial charge >= 0.3 is 0 Å². The van der Waals surface area contributed by atoms with Crippen LogP contribution in [0.3, 0.4) is 0 Å². The van der Waals surface area contributed by atoms with Crippen molar-refractivity contribution in [2.45, 2.75) is 19.8 Å². The second-order valence-electron chi connectivity index (χ2n) is 4.54. The summed E-state index contributed by atoms with van der Waals surface area (Å²) in [6.07, 6.45) is 2.09. The van der Waals surface area contributed by atoms with Gasteiger partial charge in [-0.05, 0) is 49.8 Å². The molecule has 1 saturated heterocycles. The predicted octanol–water partition coefficient (Wildman–Crippen LogP) is 2.97.